The zero-order valence-electron chi connectivity index (χ0n) is 11.7. The van der Waals surface area contributed by atoms with Gasteiger partial charge in [-0.2, -0.15) is 0 Å². The van der Waals surface area contributed by atoms with Crippen LogP contribution in [0.4, 0.5) is 11.4 Å². The van der Waals surface area contributed by atoms with Crippen molar-refractivity contribution in [2.75, 3.05) is 16.8 Å². The Bertz CT molecular complexity index is 473. The summed E-state index contributed by atoms with van der Waals surface area (Å²) in [6, 6.07) is 5.38. The van der Waals surface area contributed by atoms with Crippen molar-refractivity contribution in [2.24, 2.45) is 0 Å². The molecule has 0 saturated carbocycles. The third kappa shape index (κ3) is 5.42. The molecule has 0 heterocycles. The Morgan fingerprint density at radius 3 is 2.68 bits per heavy atom. The van der Waals surface area contributed by atoms with Crippen molar-refractivity contribution >= 4 is 28.1 Å². The van der Waals surface area contributed by atoms with Gasteiger partial charge in [0.25, 0.3) is 0 Å². The Kier molecular flexibility index (Phi) is 6.02. The monoisotopic (exact) mass is 282 g/mol. The van der Waals surface area contributed by atoms with Crippen LogP contribution in [0.15, 0.2) is 18.2 Å². The van der Waals surface area contributed by atoms with Crippen molar-refractivity contribution in [1.29, 1.82) is 0 Å². The van der Waals surface area contributed by atoms with Crippen LogP contribution in [0.5, 0.6) is 0 Å². The summed E-state index contributed by atoms with van der Waals surface area (Å²) >= 11 is 0. The number of carbonyl (C=O) groups is 1. The first-order chi connectivity index (χ1) is 8.90. The number of aryl methyl sites for hydroxylation is 1. The van der Waals surface area contributed by atoms with Crippen molar-refractivity contribution in [2.45, 2.75) is 38.9 Å². The van der Waals surface area contributed by atoms with Gasteiger partial charge in [0.2, 0.25) is 5.91 Å². The molecule has 0 radical (unpaired) electrons. The summed E-state index contributed by atoms with van der Waals surface area (Å²) in [7, 11) is -0.839. The van der Waals surface area contributed by atoms with Crippen molar-refractivity contribution in [3.05, 3.63) is 23.8 Å². The summed E-state index contributed by atoms with van der Waals surface area (Å²) in [5.74, 6) is 0.528. The van der Waals surface area contributed by atoms with E-state index in [0.717, 1.165) is 11.3 Å². The van der Waals surface area contributed by atoms with Gasteiger partial charge in [0.05, 0.1) is 0 Å². The maximum Gasteiger partial charge on any atom is 0.224 e. The molecule has 0 aliphatic rings. The van der Waals surface area contributed by atoms with Crippen LogP contribution in [0, 0.1) is 6.92 Å². The number of hydrogen-bond acceptors (Lipinski definition) is 3. The fourth-order valence-corrected chi connectivity index (χ4v) is 2.55. The highest BCUT2D eigenvalue weighted by molar-refractivity contribution is 7.85. The smallest absolute Gasteiger partial charge is 0.224 e. The first kappa shape index (κ1) is 15.7. The van der Waals surface area contributed by atoms with Crippen LogP contribution in [0.3, 0.4) is 0 Å². The minimum absolute atomic E-state index is 0.0476. The Morgan fingerprint density at radius 1 is 1.42 bits per heavy atom. The summed E-state index contributed by atoms with van der Waals surface area (Å²) in [4.78, 5) is 11.8. The molecule has 0 aliphatic heterocycles. The van der Waals surface area contributed by atoms with E-state index in [-0.39, 0.29) is 11.2 Å². The molecule has 1 rings (SSSR count). The molecule has 1 aromatic carbocycles. The van der Waals surface area contributed by atoms with Crippen LogP contribution in [0.25, 0.3) is 0 Å². The number of anilines is 2. The highest BCUT2D eigenvalue weighted by Crippen LogP contribution is 2.17. The lowest BCUT2D eigenvalue weighted by Gasteiger charge is -2.09. The second-order valence-electron chi connectivity index (χ2n) is 4.86. The van der Waals surface area contributed by atoms with Crippen LogP contribution >= 0.6 is 0 Å². The van der Waals surface area contributed by atoms with Crippen molar-refractivity contribution in [3.63, 3.8) is 0 Å². The second-order valence-corrected chi connectivity index (χ2v) is 6.97. The number of carbonyl (C=O) groups excluding carboxylic acids is 1. The number of rotatable bonds is 6. The minimum Gasteiger partial charge on any atom is -0.399 e. The fourth-order valence-electron chi connectivity index (χ4n) is 1.65. The van der Waals surface area contributed by atoms with Gasteiger partial charge in [0, 0.05) is 39.6 Å². The topological polar surface area (TPSA) is 72.2 Å². The van der Waals surface area contributed by atoms with Gasteiger partial charge in [-0.3, -0.25) is 9.00 Å². The van der Waals surface area contributed by atoms with Crippen molar-refractivity contribution in [3.8, 4) is 0 Å². The molecule has 5 heteroatoms. The quantitative estimate of drug-likeness (QED) is 0.787. The predicted octanol–water partition coefficient (Wildman–Crippen LogP) is 2.45. The Balaban J connectivity index is 2.41. The molecule has 0 bridgehead atoms. The molecule has 0 aromatic heterocycles. The first-order valence-electron chi connectivity index (χ1n) is 6.43. The van der Waals surface area contributed by atoms with E-state index in [1.807, 2.05) is 26.8 Å². The summed E-state index contributed by atoms with van der Waals surface area (Å²) < 4.78 is 11.5. The van der Waals surface area contributed by atoms with E-state index < -0.39 is 10.8 Å². The standard InChI is InChI=1S/C14H22N2O2S/c1-10(2)19(18)8-4-5-14(17)16-13-7-6-12(15)9-11(13)3/h6-7,9-10H,4-5,8,15H2,1-3H3,(H,16,17). The number of benzene rings is 1. The Labute approximate surface area is 117 Å². The molecule has 1 amide bonds. The van der Waals surface area contributed by atoms with Crippen LogP contribution in [-0.2, 0) is 15.6 Å². The molecule has 0 saturated heterocycles. The number of amides is 1. The third-order valence-electron chi connectivity index (χ3n) is 2.80. The minimum atomic E-state index is -0.839. The van der Waals surface area contributed by atoms with Gasteiger partial charge in [0.1, 0.15) is 0 Å². The highest BCUT2D eigenvalue weighted by Gasteiger charge is 2.08. The summed E-state index contributed by atoms with van der Waals surface area (Å²) in [6.45, 7) is 5.75. The third-order valence-corrected chi connectivity index (χ3v) is 4.54. The second kappa shape index (κ2) is 7.28. The maximum absolute atomic E-state index is 11.8. The van der Waals surface area contributed by atoms with Crippen molar-refractivity contribution in [1.82, 2.24) is 0 Å². The lowest BCUT2D eigenvalue weighted by Crippen LogP contribution is -2.15. The lowest BCUT2D eigenvalue weighted by atomic mass is 10.1. The molecular formula is C14H22N2O2S. The SMILES string of the molecule is Cc1cc(N)ccc1NC(=O)CCCS(=O)C(C)C. The number of hydrogen-bond donors (Lipinski definition) is 2. The van der Waals surface area contributed by atoms with E-state index in [2.05, 4.69) is 5.32 Å². The van der Waals surface area contributed by atoms with Gasteiger partial charge in [-0.15, -0.1) is 0 Å². The molecule has 0 aliphatic carbocycles. The average molecular weight is 282 g/mol. The molecule has 1 unspecified atom stereocenters. The zero-order chi connectivity index (χ0) is 14.4. The van der Waals surface area contributed by atoms with E-state index in [1.165, 1.54) is 0 Å². The van der Waals surface area contributed by atoms with E-state index >= 15 is 0 Å². The molecule has 19 heavy (non-hydrogen) atoms. The predicted molar refractivity (Wildman–Crippen MR) is 81.6 cm³/mol. The van der Waals surface area contributed by atoms with Crippen molar-refractivity contribution < 1.29 is 9.00 Å². The summed E-state index contributed by atoms with van der Waals surface area (Å²) in [5, 5.41) is 3.00. The summed E-state index contributed by atoms with van der Waals surface area (Å²) in [5.41, 5.74) is 8.06. The van der Waals surface area contributed by atoms with E-state index in [9.17, 15) is 9.00 Å². The number of nitrogens with one attached hydrogen (secondary N) is 1. The number of nitrogen functional groups attached to an aromatic ring is 1. The Hall–Kier alpha value is -1.36. The fraction of sp³-hybridized carbons (Fsp3) is 0.500. The lowest BCUT2D eigenvalue weighted by molar-refractivity contribution is -0.116. The largest absolute Gasteiger partial charge is 0.399 e. The highest BCUT2D eigenvalue weighted by atomic mass is 32.2. The molecule has 1 atom stereocenters. The maximum atomic E-state index is 11.8. The summed E-state index contributed by atoms with van der Waals surface area (Å²) in [6.07, 6.45) is 1.03. The van der Waals surface area contributed by atoms with Crippen LogP contribution in [-0.4, -0.2) is 21.1 Å². The van der Waals surface area contributed by atoms with E-state index in [4.69, 9.17) is 5.73 Å². The first-order valence-corrected chi connectivity index (χ1v) is 7.81. The normalized spacial score (nSPS) is 12.4. The molecule has 1 aromatic rings. The van der Waals surface area contributed by atoms with Gasteiger partial charge >= 0.3 is 0 Å². The molecule has 4 nitrogen and oxygen atoms in total. The molecule has 0 fully saturated rings. The molecular weight excluding hydrogens is 260 g/mol. The van der Waals surface area contributed by atoms with E-state index in [1.54, 1.807) is 12.1 Å². The van der Waals surface area contributed by atoms with Gasteiger partial charge in [-0.25, -0.2) is 0 Å². The molecule has 3 N–H and O–H groups in total. The molecule has 106 valence electrons. The van der Waals surface area contributed by atoms with Gasteiger partial charge in [-0.1, -0.05) is 13.8 Å². The van der Waals surface area contributed by atoms with Crippen LogP contribution < -0.4 is 11.1 Å². The zero-order valence-corrected chi connectivity index (χ0v) is 12.5. The van der Waals surface area contributed by atoms with Gasteiger partial charge in [-0.05, 0) is 37.1 Å². The van der Waals surface area contributed by atoms with Gasteiger partial charge < -0.3 is 11.1 Å². The van der Waals surface area contributed by atoms with Crippen LogP contribution in [0.2, 0.25) is 0 Å². The van der Waals surface area contributed by atoms with Gasteiger partial charge in [0.15, 0.2) is 0 Å². The van der Waals surface area contributed by atoms with Crippen LogP contribution in [0.1, 0.15) is 32.3 Å². The average Bonchev–Trinajstić information content (AvgIpc) is 2.32. The van der Waals surface area contributed by atoms with E-state index in [0.29, 0.717) is 24.3 Å². The number of nitrogens with two attached hydrogens (primary N) is 1. The molecule has 0 spiro atoms. The Morgan fingerprint density at radius 2 is 2.11 bits per heavy atom.